The highest BCUT2D eigenvalue weighted by Gasteiger charge is 2.21. The molecule has 0 spiro atoms. The minimum Gasteiger partial charge on any atom is -0.465 e. The molecule has 1 unspecified atom stereocenters. The summed E-state index contributed by atoms with van der Waals surface area (Å²) in [7, 11) is 1.31. The fourth-order valence-corrected chi connectivity index (χ4v) is 4.22. The molecule has 0 N–H and O–H groups in total. The average molecular weight is 451 g/mol. The zero-order chi connectivity index (χ0) is 22.7. The summed E-state index contributed by atoms with van der Waals surface area (Å²) < 4.78 is 11.8. The second-order valence-electron chi connectivity index (χ2n) is 7.15. The minimum atomic E-state index is -0.488. The Bertz CT molecular complexity index is 1320. The molecule has 2 aromatic carbocycles. The van der Waals surface area contributed by atoms with Crippen molar-refractivity contribution < 1.29 is 14.1 Å². The second-order valence-corrected chi connectivity index (χ2v) is 8.46. The van der Waals surface area contributed by atoms with Crippen molar-refractivity contribution in [2.75, 3.05) is 7.11 Å². The molecule has 9 heteroatoms. The van der Waals surface area contributed by atoms with E-state index in [4.69, 9.17) is 14.2 Å². The number of fused-ring (bicyclic) bond motifs is 1. The predicted octanol–water partition coefficient (Wildman–Crippen LogP) is 4.36. The molecule has 0 saturated carbocycles. The van der Waals surface area contributed by atoms with Crippen molar-refractivity contribution in [2.45, 2.75) is 37.1 Å². The van der Waals surface area contributed by atoms with E-state index in [1.165, 1.54) is 18.9 Å². The third-order valence-corrected chi connectivity index (χ3v) is 5.90. The Balaban J connectivity index is 1.83. The summed E-state index contributed by atoms with van der Waals surface area (Å²) in [6, 6.07) is 14.0. The molecular weight excluding hydrogens is 428 g/mol. The number of benzene rings is 2. The lowest BCUT2D eigenvalue weighted by molar-refractivity contribution is 0.0601. The van der Waals surface area contributed by atoms with Crippen LogP contribution in [0, 0.1) is 0 Å². The van der Waals surface area contributed by atoms with Crippen LogP contribution >= 0.6 is 11.8 Å². The number of hydrogen-bond donors (Lipinski definition) is 0. The quantitative estimate of drug-likeness (QED) is 0.233. The molecule has 1 atom stereocenters. The van der Waals surface area contributed by atoms with Crippen molar-refractivity contribution in [3.05, 3.63) is 76.2 Å². The van der Waals surface area contributed by atoms with Crippen LogP contribution in [0.5, 0.6) is 0 Å². The fraction of sp³-hybridized carbons (Fsp3) is 0.261. The van der Waals surface area contributed by atoms with Crippen LogP contribution < -0.4 is 5.56 Å². The van der Waals surface area contributed by atoms with Gasteiger partial charge in [-0.2, -0.15) is 4.98 Å². The Hall–Kier alpha value is -3.46. The highest BCUT2D eigenvalue weighted by Crippen LogP contribution is 2.34. The van der Waals surface area contributed by atoms with Gasteiger partial charge in [0.2, 0.25) is 5.89 Å². The molecule has 0 saturated heterocycles. The summed E-state index contributed by atoms with van der Waals surface area (Å²) in [6.45, 7) is 3.97. The number of hydrogen-bond acceptors (Lipinski definition) is 8. The molecule has 0 bridgehead atoms. The van der Waals surface area contributed by atoms with E-state index < -0.39 is 5.97 Å². The van der Waals surface area contributed by atoms with E-state index in [-0.39, 0.29) is 10.8 Å². The summed E-state index contributed by atoms with van der Waals surface area (Å²) in [5, 5.41) is 4.64. The first-order valence-electron chi connectivity index (χ1n) is 10.2. The van der Waals surface area contributed by atoms with Crippen LogP contribution in [0.2, 0.25) is 0 Å². The van der Waals surface area contributed by atoms with Crippen LogP contribution in [0.15, 0.2) is 63.0 Å². The van der Waals surface area contributed by atoms with Crippen LogP contribution in [0.3, 0.4) is 0 Å². The largest absolute Gasteiger partial charge is 0.465 e. The van der Waals surface area contributed by atoms with E-state index >= 15 is 0 Å². The maximum Gasteiger partial charge on any atom is 0.337 e. The highest BCUT2D eigenvalue weighted by molar-refractivity contribution is 7.99. The molecule has 2 aromatic heterocycles. The third kappa shape index (κ3) is 4.29. The fourth-order valence-electron chi connectivity index (χ4n) is 3.26. The van der Waals surface area contributed by atoms with E-state index in [9.17, 15) is 9.59 Å². The number of esters is 1. The van der Waals surface area contributed by atoms with Gasteiger partial charge in [-0.25, -0.2) is 9.78 Å². The van der Waals surface area contributed by atoms with Gasteiger partial charge in [-0.1, -0.05) is 42.0 Å². The van der Waals surface area contributed by atoms with Gasteiger partial charge >= 0.3 is 5.97 Å². The zero-order valence-corrected chi connectivity index (χ0v) is 18.8. The van der Waals surface area contributed by atoms with Crippen molar-refractivity contribution in [1.29, 1.82) is 0 Å². The Morgan fingerprint density at radius 1 is 1.19 bits per heavy atom. The SMILES string of the molecule is CCCc1noc(C(C)Sc2nc3cc(C(=O)OC)ccc3c(=O)n2-c2ccccc2)n1. The first kappa shape index (κ1) is 21.8. The highest BCUT2D eigenvalue weighted by atomic mass is 32.2. The predicted molar refractivity (Wildman–Crippen MR) is 121 cm³/mol. The van der Waals surface area contributed by atoms with Crippen molar-refractivity contribution in [3.8, 4) is 5.69 Å². The lowest BCUT2D eigenvalue weighted by Gasteiger charge is -2.15. The molecule has 8 nitrogen and oxygen atoms in total. The number of thioether (sulfide) groups is 1. The van der Waals surface area contributed by atoms with Crippen LogP contribution in [0.1, 0.15) is 47.6 Å². The van der Waals surface area contributed by atoms with Gasteiger partial charge in [0.05, 0.1) is 34.5 Å². The van der Waals surface area contributed by atoms with Gasteiger partial charge in [-0.15, -0.1) is 0 Å². The average Bonchev–Trinajstić information content (AvgIpc) is 3.28. The number of aromatic nitrogens is 4. The molecule has 32 heavy (non-hydrogen) atoms. The third-order valence-electron chi connectivity index (χ3n) is 4.86. The van der Waals surface area contributed by atoms with E-state index in [2.05, 4.69) is 10.1 Å². The first-order valence-corrected chi connectivity index (χ1v) is 11.1. The van der Waals surface area contributed by atoms with Crippen LogP contribution in [-0.2, 0) is 11.2 Å². The summed E-state index contributed by atoms with van der Waals surface area (Å²) in [6.07, 6.45) is 1.66. The normalized spacial score (nSPS) is 12.1. The Morgan fingerprint density at radius 2 is 1.97 bits per heavy atom. The number of ether oxygens (including phenoxy) is 1. The summed E-state index contributed by atoms with van der Waals surface area (Å²) in [5.74, 6) is 0.637. The molecule has 0 radical (unpaired) electrons. The van der Waals surface area contributed by atoms with Gasteiger partial charge < -0.3 is 9.26 Å². The van der Waals surface area contributed by atoms with Gasteiger partial charge in [-0.05, 0) is 43.7 Å². The Kier molecular flexibility index (Phi) is 6.36. The van der Waals surface area contributed by atoms with Gasteiger partial charge in [0.15, 0.2) is 11.0 Å². The molecule has 0 aliphatic rings. The lowest BCUT2D eigenvalue weighted by Crippen LogP contribution is -2.22. The van der Waals surface area contributed by atoms with Crippen LogP contribution in [0.25, 0.3) is 16.6 Å². The number of methoxy groups -OCH3 is 1. The smallest absolute Gasteiger partial charge is 0.337 e. The van der Waals surface area contributed by atoms with Crippen LogP contribution in [-0.4, -0.2) is 32.8 Å². The van der Waals surface area contributed by atoms with Crippen LogP contribution in [0.4, 0.5) is 0 Å². The number of carbonyl (C=O) groups is 1. The number of para-hydroxylation sites is 1. The number of nitrogens with zero attached hydrogens (tertiary/aromatic N) is 4. The van der Waals surface area contributed by atoms with E-state index in [0.29, 0.717) is 39.0 Å². The van der Waals surface area contributed by atoms with Gasteiger partial charge in [0, 0.05) is 6.42 Å². The topological polar surface area (TPSA) is 100 Å². The van der Waals surface area contributed by atoms with Crippen molar-refractivity contribution in [2.24, 2.45) is 0 Å². The molecular formula is C23H22N4O4S. The van der Waals surface area contributed by atoms with Crippen molar-refractivity contribution >= 4 is 28.6 Å². The van der Waals surface area contributed by atoms with Gasteiger partial charge in [0.25, 0.3) is 5.56 Å². The minimum absolute atomic E-state index is 0.232. The molecule has 0 aliphatic heterocycles. The standard InChI is InChI=1S/C23H22N4O4S/c1-4-8-19-25-20(31-26-19)14(2)32-23-24-18-13-15(22(29)30-3)11-12-17(18)21(28)27(23)16-9-6-5-7-10-16/h5-7,9-14H,4,8H2,1-3H3. The Labute approximate surface area is 188 Å². The second kappa shape index (κ2) is 9.35. The first-order chi connectivity index (χ1) is 15.5. The maximum atomic E-state index is 13.4. The Morgan fingerprint density at radius 3 is 2.69 bits per heavy atom. The summed E-state index contributed by atoms with van der Waals surface area (Å²) in [5.41, 5.74) is 1.20. The molecule has 4 rings (SSSR count). The number of aryl methyl sites for hydroxylation is 1. The summed E-state index contributed by atoms with van der Waals surface area (Å²) >= 11 is 1.34. The molecule has 2 heterocycles. The van der Waals surface area contributed by atoms with E-state index in [0.717, 1.165) is 12.8 Å². The molecule has 0 fully saturated rings. The van der Waals surface area contributed by atoms with Crippen molar-refractivity contribution in [3.63, 3.8) is 0 Å². The monoisotopic (exact) mass is 450 g/mol. The lowest BCUT2D eigenvalue weighted by atomic mass is 10.1. The molecule has 4 aromatic rings. The van der Waals surface area contributed by atoms with Gasteiger partial charge in [0.1, 0.15) is 0 Å². The number of carbonyl (C=O) groups excluding carboxylic acids is 1. The molecule has 0 amide bonds. The number of rotatable bonds is 7. The molecule has 164 valence electrons. The zero-order valence-electron chi connectivity index (χ0n) is 17.9. The van der Waals surface area contributed by atoms with Crippen molar-refractivity contribution in [1.82, 2.24) is 19.7 Å². The molecule has 0 aliphatic carbocycles. The van der Waals surface area contributed by atoms with E-state index in [1.54, 1.807) is 22.8 Å². The van der Waals surface area contributed by atoms with E-state index in [1.807, 2.05) is 44.2 Å². The maximum absolute atomic E-state index is 13.4. The summed E-state index contributed by atoms with van der Waals surface area (Å²) in [4.78, 5) is 34.6. The van der Waals surface area contributed by atoms with Gasteiger partial charge in [-0.3, -0.25) is 9.36 Å².